The standard InChI is InChI=1S/C13H24BrN3/c1-7-10-12(14)11(17(6)16-10)8-15-9(2)13(3,4)5/h9,15H,7-8H2,1-6H3. The molecule has 0 saturated carbocycles. The van der Waals surface area contributed by atoms with Crippen molar-refractivity contribution in [2.24, 2.45) is 12.5 Å². The van der Waals surface area contributed by atoms with E-state index in [1.807, 2.05) is 11.7 Å². The highest BCUT2D eigenvalue weighted by atomic mass is 79.9. The van der Waals surface area contributed by atoms with Crippen molar-refractivity contribution in [2.45, 2.75) is 53.6 Å². The van der Waals surface area contributed by atoms with Gasteiger partial charge in [-0.05, 0) is 34.7 Å². The first-order valence-electron chi connectivity index (χ1n) is 6.21. The predicted molar refractivity (Wildman–Crippen MR) is 76.0 cm³/mol. The summed E-state index contributed by atoms with van der Waals surface area (Å²) in [7, 11) is 2.00. The van der Waals surface area contributed by atoms with E-state index >= 15 is 0 Å². The van der Waals surface area contributed by atoms with Gasteiger partial charge in [0.1, 0.15) is 0 Å². The molecule has 0 aliphatic heterocycles. The van der Waals surface area contributed by atoms with Gasteiger partial charge in [0.25, 0.3) is 0 Å². The van der Waals surface area contributed by atoms with Crippen LogP contribution in [0, 0.1) is 5.41 Å². The zero-order valence-corrected chi connectivity index (χ0v) is 13.3. The van der Waals surface area contributed by atoms with Gasteiger partial charge >= 0.3 is 0 Å². The lowest BCUT2D eigenvalue weighted by Crippen LogP contribution is -2.37. The fraction of sp³-hybridized carbons (Fsp3) is 0.769. The van der Waals surface area contributed by atoms with Crippen molar-refractivity contribution >= 4 is 15.9 Å². The highest BCUT2D eigenvalue weighted by Gasteiger charge is 2.20. The van der Waals surface area contributed by atoms with E-state index in [1.54, 1.807) is 0 Å². The maximum atomic E-state index is 4.50. The summed E-state index contributed by atoms with van der Waals surface area (Å²) < 4.78 is 3.11. The lowest BCUT2D eigenvalue weighted by molar-refractivity contribution is 0.283. The summed E-state index contributed by atoms with van der Waals surface area (Å²) in [5.74, 6) is 0. The number of rotatable bonds is 4. The lowest BCUT2D eigenvalue weighted by atomic mass is 9.88. The zero-order valence-electron chi connectivity index (χ0n) is 11.8. The van der Waals surface area contributed by atoms with E-state index in [1.165, 1.54) is 5.69 Å². The van der Waals surface area contributed by atoms with Crippen LogP contribution in [0.25, 0.3) is 0 Å². The fourth-order valence-electron chi connectivity index (χ4n) is 1.57. The molecule has 1 unspecified atom stereocenters. The van der Waals surface area contributed by atoms with E-state index in [0.29, 0.717) is 6.04 Å². The number of hydrogen-bond donors (Lipinski definition) is 1. The van der Waals surface area contributed by atoms with Gasteiger partial charge in [0.2, 0.25) is 0 Å². The number of hydrogen-bond acceptors (Lipinski definition) is 2. The molecule has 0 bridgehead atoms. The van der Waals surface area contributed by atoms with E-state index in [4.69, 9.17) is 0 Å². The molecule has 0 aliphatic carbocycles. The van der Waals surface area contributed by atoms with Crippen LogP contribution in [-0.4, -0.2) is 15.8 Å². The Bertz CT molecular complexity index is 377. The highest BCUT2D eigenvalue weighted by Crippen LogP contribution is 2.23. The average Bonchev–Trinajstić information content (AvgIpc) is 2.49. The van der Waals surface area contributed by atoms with E-state index < -0.39 is 0 Å². The van der Waals surface area contributed by atoms with Crippen molar-refractivity contribution in [2.75, 3.05) is 0 Å². The molecule has 4 heteroatoms. The SMILES string of the molecule is CCc1nn(C)c(CNC(C)C(C)(C)C)c1Br. The number of aryl methyl sites for hydroxylation is 2. The quantitative estimate of drug-likeness (QED) is 0.925. The molecule has 3 nitrogen and oxygen atoms in total. The maximum Gasteiger partial charge on any atom is 0.0767 e. The lowest BCUT2D eigenvalue weighted by Gasteiger charge is -2.28. The van der Waals surface area contributed by atoms with Crippen LogP contribution in [0.1, 0.15) is 46.0 Å². The minimum absolute atomic E-state index is 0.276. The van der Waals surface area contributed by atoms with Gasteiger partial charge in [-0.2, -0.15) is 5.10 Å². The van der Waals surface area contributed by atoms with Crippen LogP contribution in [-0.2, 0) is 20.0 Å². The molecule has 1 heterocycles. The third-order valence-corrected chi connectivity index (χ3v) is 4.29. The molecule has 0 amide bonds. The summed E-state index contributed by atoms with van der Waals surface area (Å²) in [6, 6.07) is 0.467. The molecule has 0 saturated heterocycles. The molecule has 1 aromatic heterocycles. The first kappa shape index (κ1) is 14.7. The van der Waals surface area contributed by atoms with Crippen LogP contribution >= 0.6 is 15.9 Å². The molecule has 1 atom stereocenters. The first-order chi connectivity index (χ1) is 7.77. The Hall–Kier alpha value is -0.350. The van der Waals surface area contributed by atoms with Gasteiger partial charge in [0, 0.05) is 19.6 Å². The van der Waals surface area contributed by atoms with Crippen LogP contribution in [0.2, 0.25) is 0 Å². The summed E-state index contributed by atoms with van der Waals surface area (Å²) in [6.45, 7) is 12.0. The zero-order chi connectivity index (χ0) is 13.2. The van der Waals surface area contributed by atoms with Gasteiger partial charge in [-0.3, -0.25) is 4.68 Å². The van der Waals surface area contributed by atoms with Gasteiger partial charge in [-0.25, -0.2) is 0 Å². The van der Waals surface area contributed by atoms with E-state index in [9.17, 15) is 0 Å². The second-order valence-corrected chi connectivity index (χ2v) is 6.45. The Kier molecular flexibility index (Phi) is 4.78. The first-order valence-corrected chi connectivity index (χ1v) is 7.00. The van der Waals surface area contributed by atoms with Crippen molar-refractivity contribution in [3.63, 3.8) is 0 Å². The number of nitrogens with zero attached hydrogens (tertiary/aromatic N) is 2. The fourth-order valence-corrected chi connectivity index (χ4v) is 2.32. The Labute approximate surface area is 113 Å². The van der Waals surface area contributed by atoms with Gasteiger partial charge in [0.05, 0.1) is 15.9 Å². The maximum absolute atomic E-state index is 4.50. The molecular formula is C13H24BrN3. The molecule has 0 spiro atoms. The average molecular weight is 302 g/mol. The Balaban J connectivity index is 2.73. The normalized spacial score (nSPS) is 14.1. The molecule has 0 fully saturated rings. The summed E-state index contributed by atoms with van der Waals surface area (Å²) >= 11 is 3.64. The van der Waals surface area contributed by atoms with E-state index in [-0.39, 0.29) is 5.41 Å². The van der Waals surface area contributed by atoms with E-state index in [0.717, 1.165) is 23.1 Å². The van der Waals surface area contributed by atoms with Crippen LogP contribution in [0.5, 0.6) is 0 Å². The van der Waals surface area contributed by atoms with Crippen molar-refractivity contribution in [1.29, 1.82) is 0 Å². The summed E-state index contributed by atoms with van der Waals surface area (Å²) in [4.78, 5) is 0. The van der Waals surface area contributed by atoms with Gasteiger partial charge in [-0.15, -0.1) is 0 Å². The smallest absolute Gasteiger partial charge is 0.0767 e. The third kappa shape index (κ3) is 3.55. The van der Waals surface area contributed by atoms with Gasteiger partial charge in [0.15, 0.2) is 0 Å². The molecule has 0 aromatic carbocycles. The number of halogens is 1. The van der Waals surface area contributed by atoms with Crippen molar-refractivity contribution < 1.29 is 0 Å². The predicted octanol–water partition coefficient (Wildman–Crippen LogP) is 3.27. The Morgan fingerprint density at radius 2 is 2.00 bits per heavy atom. The third-order valence-electron chi connectivity index (χ3n) is 3.38. The second-order valence-electron chi connectivity index (χ2n) is 5.65. The van der Waals surface area contributed by atoms with Crippen molar-refractivity contribution in [1.82, 2.24) is 15.1 Å². The van der Waals surface area contributed by atoms with Gasteiger partial charge in [-0.1, -0.05) is 27.7 Å². The van der Waals surface area contributed by atoms with Crippen LogP contribution in [0.15, 0.2) is 4.47 Å². The van der Waals surface area contributed by atoms with Crippen LogP contribution in [0.4, 0.5) is 0 Å². The summed E-state index contributed by atoms with van der Waals surface area (Å²) in [5.41, 5.74) is 2.63. The second kappa shape index (κ2) is 5.53. The number of nitrogens with one attached hydrogen (secondary N) is 1. The molecule has 0 radical (unpaired) electrons. The monoisotopic (exact) mass is 301 g/mol. The topological polar surface area (TPSA) is 29.9 Å². The molecule has 17 heavy (non-hydrogen) atoms. The minimum Gasteiger partial charge on any atom is -0.308 e. The summed E-state index contributed by atoms with van der Waals surface area (Å²) in [5, 5.41) is 8.07. The van der Waals surface area contributed by atoms with Crippen molar-refractivity contribution in [3.05, 3.63) is 15.9 Å². The highest BCUT2D eigenvalue weighted by molar-refractivity contribution is 9.10. The van der Waals surface area contributed by atoms with Crippen molar-refractivity contribution in [3.8, 4) is 0 Å². The number of aromatic nitrogens is 2. The molecule has 1 rings (SSSR count). The Morgan fingerprint density at radius 3 is 2.41 bits per heavy atom. The molecule has 0 aliphatic rings. The van der Waals surface area contributed by atoms with Crippen LogP contribution in [0.3, 0.4) is 0 Å². The van der Waals surface area contributed by atoms with Crippen LogP contribution < -0.4 is 5.32 Å². The molecule has 1 N–H and O–H groups in total. The molecule has 98 valence electrons. The minimum atomic E-state index is 0.276. The largest absolute Gasteiger partial charge is 0.308 e. The Morgan fingerprint density at radius 1 is 1.41 bits per heavy atom. The molecular weight excluding hydrogens is 278 g/mol. The van der Waals surface area contributed by atoms with E-state index in [2.05, 4.69) is 61.0 Å². The van der Waals surface area contributed by atoms with Gasteiger partial charge < -0.3 is 5.32 Å². The molecule has 1 aromatic rings. The summed E-state index contributed by atoms with van der Waals surface area (Å²) in [6.07, 6.45) is 0.962.